The average molecular weight is 402 g/mol. The van der Waals surface area contributed by atoms with Gasteiger partial charge in [-0.3, -0.25) is 4.79 Å². The molecule has 0 bridgehead atoms. The lowest BCUT2D eigenvalue weighted by Gasteiger charge is -2.19. The molecule has 0 spiro atoms. The third kappa shape index (κ3) is 4.38. The predicted molar refractivity (Wildman–Crippen MR) is 112 cm³/mol. The van der Waals surface area contributed by atoms with Crippen molar-refractivity contribution in [2.75, 3.05) is 7.11 Å². The summed E-state index contributed by atoms with van der Waals surface area (Å²) in [5.74, 6) is 0.379. The number of para-hydroxylation sites is 2. The third-order valence-electron chi connectivity index (χ3n) is 4.63. The first-order valence-electron chi connectivity index (χ1n) is 9.36. The summed E-state index contributed by atoms with van der Waals surface area (Å²) >= 11 is 0. The van der Waals surface area contributed by atoms with Crippen molar-refractivity contribution in [3.05, 3.63) is 102 Å². The van der Waals surface area contributed by atoms with Crippen molar-refractivity contribution in [3.8, 4) is 5.75 Å². The number of ether oxygens (including phenoxy) is 1. The highest BCUT2D eigenvalue weighted by Gasteiger charge is 2.16. The zero-order chi connectivity index (χ0) is 20.9. The molecule has 0 aliphatic heterocycles. The van der Waals surface area contributed by atoms with Gasteiger partial charge in [0.15, 0.2) is 5.58 Å². The van der Waals surface area contributed by atoms with E-state index >= 15 is 0 Å². The molecule has 1 unspecified atom stereocenters. The molecule has 1 N–H and O–H groups in total. The Labute approximate surface area is 172 Å². The Kier molecular flexibility index (Phi) is 5.57. The van der Waals surface area contributed by atoms with Crippen molar-refractivity contribution in [1.29, 1.82) is 0 Å². The zero-order valence-corrected chi connectivity index (χ0v) is 16.2. The first-order valence-corrected chi connectivity index (χ1v) is 9.36. The van der Waals surface area contributed by atoms with E-state index in [9.17, 15) is 9.18 Å². The summed E-state index contributed by atoms with van der Waals surface area (Å²) in [5.41, 5.74) is 2.97. The Morgan fingerprint density at radius 1 is 1.03 bits per heavy atom. The number of carbonyl (C=O) groups excluding carboxylic acids is 1. The minimum atomic E-state index is -0.461. The Hall–Kier alpha value is -3.93. The van der Waals surface area contributed by atoms with Crippen molar-refractivity contribution in [3.63, 3.8) is 0 Å². The lowest BCUT2D eigenvalue weighted by molar-refractivity contribution is -0.116. The molecule has 0 aliphatic rings. The van der Waals surface area contributed by atoms with Crippen LogP contribution in [-0.4, -0.2) is 18.0 Å². The smallest absolute Gasteiger partial charge is 0.244 e. The van der Waals surface area contributed by atoms with Crippen LogP contribution in [0.25, 0.3) is 17.2 Å². The number of carbonyl (C=O) groups is 1. The summed E-state index contributed by atoms with van der Waals surface area (Å²) in [7, 11) is 1.59. The molecule has 1 heterocycles. The first kappa shape index (κ1) is 19.4. The molecule has 1 atom stereocenters. The molecule has 0 fully saturated rings. The minimum Gasteiger partial charge on any atom is -0.497 e. The van der Waals surface area contributed by atoms with E-state index in [4.69, 9.17) is 9.15 Å². The number of fused-ring (bicyclic) bond motifs is 1. The van der Waals surface area contributed by atoms with E-state index in [-0.39, 0.29) is 11.7 Å². The molecule has 30 heavy (non-hydrogen) atoms. The fourth-order valence-corrected chi connectivity index (χ4v) is 3.11. The van der Waals surface area contributed by atoms with Crippen LogP contribution in [-0.2, 0) is 4.79 Å². The van der Waals surface area contributed by atoms with Crippen LogP contribution in [0.5, 0.6) is 5.75 Å². The Balaban J connectivity index is 1.56. The molecule has 4 aromatic rings. The number of hydrogen-bond donors (Lipinski definition) is 1. The van der Waals surface area contributed by atoms with Crippen LogP contribution >= 0.6 is 0 Å². The van der Waals surface area contributed by atoms with Crippen LogP contribution in [0.3, 0.4) is 0 Å². The normalized spacial score (nSPS) is 12.2. The largest absolute Gasteiger partial charge is 0.497 e. The standard InChI is InChI=1S/C24H19FN2O3/c1-29-19-12-8-17(9-13-19)24(16-6-10-18(25)11-7-16)27-22(28)14-15-23-26-20-4-2-3-5-21(20)30-23/h2-15,24H,1H3,(H,27,28). The SMILES string of the molecule is COc1ccc(C(NC(=O)C=Cc2nc3ccccc3o2)c2ccc(F)cc2)cc1. The fraction of sp³-hybridized carbons (Fsp3) is 0.0833. The summed E-state index contributed by atoms with van der Waals surface area (Å²) in [6, 6.07) is 20.3. The second-order valence-electron chi connectivity index (χ2n) is 6.62. The number of nitrogens with one attached hydrogen (secondary N) is 1. The highest BCUT2D eigenvalue weighted by molar-refractivity contribution is 5.92. The van der Waals surface area contributed by atoms with E-state index < -0.39 is 6.04 Å². The van der Waals surface area contributed by atoms with Gasteiger partial charge in [-0.25, -0.2) is 9.37 Å². The molecular weight excluding hydrogens is 383 g/mol. The number of methoxy groups -OCH3 is 1. The minimum absolute atomic E-state index is 0.331. The molecule has 0 aliphatic carbocycles. The van der Waals surface area contributed by atoms with Crippen molar-refractivity contribution >= 4 is 23.1 Å². The topological polar surface area (TPSA) is 64.4 Å². The number of rotatable bonds is 6. The molecular formula is C24H19FN2O3. The summed E-state index contributed by atoms with van der Waals surface area (Å²) in [6.45, 7) is 0. The number of benzene rings is 3. The lowest BCUT2D eigenvalue weighted by atomic mass is 9.98. The molecule has 3 aromatic carbocycles. The van der Waals surface area contributed by atoms with Crippen LogP contribution in [0.4, 0.5) is 4.39 Å². The van der Waals surface area contributed by atoms with Crippen molar-refractivity contribution < 1.29 is 18.3 Å². The van der Waals surface area contributed by atoms with Crippen LogP contribution in [0.15, 0.2) is 83.3 Å². The van der Waals surface area contributed by atoms with Crippen LogP contribution in [0.2, 0.25) is 0 Å². The maximum absolute atomic E-state index is 13.4. The summed E-state index contributed by atoms with van der Waals surface area (Å²) in [4.78, 5) is 16.9. The number of amides is 1. The van der Waals surface area contributed by atoms with Gasteiger partial charge >= 0.3 is 0 Å². The number of halogens is 1. The van der Waals surface area contributed by atoms with E-state index in [0.717, 1.165) is 16.6 Å². The summed E-state index contributed by atoms with van der Waals surface area (Å²) in [6.07, 6.45) is 2.88. The molecule has 0 radical (unpaired) electrons. The first-order chi connectivity index (χ1) is 14.6. The van der Waals surface area contributed by atoms with Gasteiger partial charge < -0.3 is 14.5 Å². The van der Waals surface area contributed by atoms with Gasteiger partial charge in [0, 0.05) is 12.2 Å². The van der Waals surface area contributed by atoms with Crippen molar-refractivity contribution in [1.82, 2.24) is 10.3 Å². The van der Waals surface area contributed by atoms with Gasteiger partial charge in [-0.05, 0) is 47.5 Å². The number of oxazole rings is 1. The molecule has 4 rings (SSSR count). The van der Waals surface area contributed by atoms with Crippen LogP contribution < -0.4 is 10.1 Å². The highest BCUT2D eigenvalue weighted by atomic mass is 19.1. The van der Waals surface area contributed by atoms with E-state index in [1.807, 2.05) is 48.5 Å². The van der Waals surface area contributed by atoms with E-state index in [1.165, 1.54) is 24.3 Å². The van der Waals surface area contributed by atoms with Gasteiger partial charge in [0.05, 0.1) is 13.2 Å². The number of hydrogen-bond acceptors (Lipinski definition) is 4. The summed E-state index contributed by atoms with van der Waals surface area (Å²) < 4.78 is 24.2. The molecule has 150 valence electrons. The maximum atomic E-state index is 13.4. The molecule has 5 nitrogen and oxygen atoms in total. The molecule has 1 amide bonds. The highest BCUT2D eigenvalue weighted by Crippen LogP contribution is 2.25. The number of nitrogens with zero attached hydrogens (tertiary/aromatic N) is 1. The van der Waals surface area contributed by atoms with Crippen LogP contribution in [0.1, 0.15) is 23.1 Å². The number of aromatic nitrogens is 1. The molecule has 1 aromatic heterocycles. The monoisotopic (exact) mass is 402 g/mol. The van der Waals surface area contributed by atoms with Gasteiger partial charge in [0.1, 0.15) is 17.1 Å². The maximum Gasteiger partial charge on any atom is 0.244 e. The van der Waals surface area contributed by atoms with Gasteiger partial charge in [-0.2, -0.15) is 0 Å². The van der Waals surface area contributed by atoms with Gasteiger partial charge in [-0.15, -0.1) is 0 Å². The Bertz CT molecular complexity index is 1150. The van der Waals surface area contributed by atoms with E-state index in [0.29, 0.717) is 17.2 Å². The quantitative estimate of drug-likeness (QED) is 0.466. The zero-order valence-electron chi connectivity index (χ0n) is 16.2. The van der Waals surface area contributed by atoms with E-state index in [1.54, 1.807) is 19.2 Å². The second-order valence-corrected chi connectivity index (χ2v) is 6.62. The average Bonchev–Trinajstić information content (AvgIpc) is 3.20. The molecule has 6 heteroatoms. The van der Waals surface area contributed by atoms with Crippen molar-refractivity contribution in [2.45, 2.75) is 6.04 Å². The predicted octanol–water partition coefficient (Wildman–Crippen LogP) is 4.89. The van der Waals surface area contributed by atoms with Crippen molar-refractivity contribution in [2.24, 2.45) is 0 Å². The van der Waals surface area contributed by atoms with Gasteiger partial charge in [0.25, 0.3) is 0 Å². The lowest BCUT2D eigenvalue weighted by Crippen LogP contribution is -2.27. The van der Waals surface area contributed by atoms with Gasteiger partial charge in [0.2, 0.25) is 11.8 Å². The Morgan fingerprint density at radius 3 is 2.37 bits per heavy atom. The summed E-state index contributed by atoms with van der Waals surface area (Å²) in [5, 5.41) is 2.95. The second kappa shape index (κ2) is 8.61. The fourth-order valence-electron chi connectivity index (χ4n) is 3.11. The molecule has 0 saturated carbocycles. The third-order valence-corrected chi connectivity index (χ3v) is 4.63. The van der Waals surface area contributed by atoms with Crippen LogP contribution in [0, 0.1) is 5.82 Å². The van der Waals surface area contributed by atoms with Gasteiger partial charge in [-0.1, -0.05) is 36.4 Å². The molecule has 0 saturated heterocycles. The Morgan fingerprint density at radius 2 is 1.70 bits per heavy atom. The van der Waals surface area contributed by atoms with E-state index in [2.05, 4.69) is 10.3 Å².